The molecule has 3 heterocycles. The number of amides is 1. The third kappa shape index (κ3) is 3.29. The van der Waals surface area contributed by atoms with E-state index in [1.54, 1.807) is 42.5 Å². The summed E-state index contributed by atoms with van der Waals surface area (Å²) in [5.41, 5.74) is -0.463. The molecule has 1 N–H and O–H groups in total. The molecule has 7 nitrogen and oxygen atoms in total. The van der Waals surface area contributed by atoms with Gasteiger partial charge in [-0.1, -0.05) is 18.2 Å². The molecule has 0 spiro atoms. The molecule has 142 valence electrons. The number of aromatic nitrogens is 2. The number of nitrogens with zero attached hydrogens (tertiary/aromatic N) is 2. The molecule has 4 rings (SSSR count). The molecule has 0 fully saturated rings. The highest BCUT2D eigenvalue weighted by Gasteiger charge is 2.18. The van der Waals surface area contributed by atoms with E-state index in [2.05, 4.69) is 5.32 Å². The zero-order valence-electron chi connectivity index (χ0n) is 15.0. The zero-order chi connectivity index (χ0) is 19.7. The number of hydrogen-bond donors (Lipinski definition) is 1. The van der Waals surface area contributed by atoms with Crippen molar-refractivity contribution < 1.29 is 9.21 Å². The highest BCUT2D eigenvalue weighted by atomic mass is 32.1. The normalized spacial score (nSPS) is 11.0. The molecule has 0 radical (unpaired) electrons. The summed E-state index contributed by atoms with van der Waals surface area (Å²) in [6.07, 6.45) is 1.53. The Labute approximate surface area is 163 Å². The number of para-hydroxylation sites is 1. The van der Waals surface area contributed by atoms with Crippen LogP contribution in [0.3, 0.4) is 0 Å². The molecule has 0 bridgehead atoms. The van der Waals surface area contributed by atoms with Crippen molar-refractivity contribution in [1.82, 2.24) is 14.5 Å². The summed E-state index contributed by atoms with van der Waals surface area (Å²) in [6.45, 7) is 1.90. The number of nitrogens with one attached hydrogen (secondary N) is 1. The second-order valence-electron chi connectivity index (χ2n) is 6.28. The third-order valence-electron chi connectivity index (χ3n) is 4.29. The minimum absolute atomic E-state index is 0.191. The van der Waals surface area contributed by atoms with Crippen LogP contribution in [0.15, 0.2) is 68.8 Å². The lowest BCUT2D eigenvalue weighted by molar-refractivity contribution is -0.121. The quantitative estimate of drug-likeness (QED) is 0.562. The van der Waals surface area contributed by atoms with Crippen molar-refractivity contribution >= 4 is 27.5 Å². The van der Waals surface area contributed by atoms with Gasteiger partial charge in [0.1, 0.15) is 17.1 Å². The summed E-state index contributed by atoms with van der Waals surface area (Å²) >= 11 is 1.32. The number of benzene rings is 1. The maximum Gasteiger partial charge on any atom is 0.337 e. The summed E-state index contributed by atoms with van der Waals surface area (Å²) in [4.78, 5) is 39.9. The first-order valence-corrected chi connectivity index (χ1v) is 9.47. The standard InChI is InChI=1S/C20H17N3O4S/c1-13-10-16-18(25)23(14-6-3-2-4-7-14)20(26)22(19(16)28-13)12-17(24)21-11-15-8-5-9-27-15/h2-10H,11-12H2,1H3,(H,21,24). The smallest absolute Gasteiger partial charge is 0.337 e. The van der Waals surface area contributed by atoms with Gasteiger partial charge in [0.25, 0.3) is 5.56 Å². The van der Waals surface area contributed by atoms with Gasteiger partial charge >= 0.3 is 5.69 Å². The van der Waals surface area contributed by atoms with Crippen LogP contribution in [0, 0.1) is 6.92 Å². The fourth-order valence-electron chi connectivity index (χ4n) is 3.01. The second kappa shape index (κ2) is 7.32. The maximum atomic E-state index is 13.1. The molecule has 0 aliphatic heterocycles. The van der Waals surface area contributed by atoms with Crippen molar-refractivity contribution in [2.45, 2.75) is 20.0 Å². The van der Waals surface area contributed by atoms with Gasteiger partial charge in [0.15, 0.2) is 0 Å². The maximum absolute atomic E-state index is 13.1. The first-order chi connectivity index (χ1) is 13.5. The first-order valence-electron chi connectivity index (χ1n) is 8.65. The third-order valence-corrected chi connectivity index (χ3v) is 5.37. The van der Waals surface area contributed by atoms with Crippen LogP contribution in [-0.4, -0.2) is 15.0 Å². The Hall–Kier alpha value is -3.39. The fourth-order valence-corrected chi connectivity index (χ4v) is 4.00. The van der Waals surface area contributed by atoms with E-state index in [0.29, 0.717) is 21.7 Å². The van der Waals surface area contributed by atoms with Crippen LogP contribution in [0.1, 0.15) is 10.6 Å². The van der Waals surface area contributed by atoms with E-state index in [1.807, 2.05) is 13.0 Å². The largest absolute Gasteiger partial charge is 0.467 e. The Bertz CT molecular complexity index is 1250. The lowest BCUT2D eigenvalue weighted by atomic mass is 10.3. The average molecular weight is 395 g/mol. The van der Waals surface area contributed by atoms with Gasteiger partial charge in [-0.15, -0.1) is 11.3 Å². The van der Waals surface area contributed by atoms with E-state index in [4.69, 9.17) is 4.42 Å². The minimum Gasteiger partial charge on any atom is -0.467 e. The predicted octanol–water partition coefficient (Wildman–Crippen LogP) is 2.43. The molecular formula is C20H17N3O4S. The first kappa shape index (κ1) is 18.0. The molecule has 0 atom stereocenters. The topological polar surface area (TPSA) is 86.2 Å². The van der Waals surface area contributed by atoms with Crippen LogP contribution in [0.4, 0.5) is 0 Å². The Morgan fingerprint density at radius 2 is 1.93 bits per heavy atom. The van der Waals surface area contributed by atoms with Gasteiger partial charge in [-0.2, -0.15) is 0 Å². The van der Waals surface area contributed by atoms with Crippen LogP contribution >= 0.6 is 11.3 Å². The Kier molecular flexibility index (Phi) is 4.70. The van der Waals surface area contributed by atoms with Gasteiger partial charge in [0, 0.05) is 4.88 Å². The van der Waals surface area contributed by atoms with Crippen molar-refractivity contribution in [1.29, 1.82) is 0 Å². The van der Waals surface area contributed by atoms with E-state index >= 15 is 0 Å². The Balaban J connectivity index is 1.77. The highest BCUT2D eigenvalue weighted by Crippen LogP contribution is 2.21. The number of carbonyl (C=O) groups excluding carboxylic acids is 1. The van der Waals surface area contributed by atoms with Crippen LogP contribution in [0.25, 0.3) is 15.9 Å². The SMILES string of the molecule is Cc1cc2c(=O)n(-c3ccccc3)c(=O)n(CC(=O)NCc3ccco3)c2s1. The molecule has 0 aliphatic rings. The molecule has 1 aromatic carbocycles. The number of thiophene rings is 1. The summed E-state index contributed by atoms with van der Waals surface area (Å²) in [6, 6.07) is 13.9. The van der Waals surface area contributed by atoms with Crippen LogP contribution < -0.4 is 16.6 Å². The van der Waals surface area contributed by atoms with Crippen molar-refractivity contribution in [2.24, 2.45) is 0 Å². The van der Waals surface area contributed by atoms with Gasteiger partial charge in [-0.25, -0.2) is 9.36 Å². The number of aryl methyl sites for hydroxylation is 1. The predicted molar refractivity (Wildman–Crippen MR) is 107 cm³/mol. The number of hydrogen-bond acceptors (Lipinski definition) is 5. The Morgan fingerprint density at radius 3 is 2.64 bits per heavy atom. The van der Waals surface area contributed by atoms with Crippen LogP contribution in [-0.2, 0) is 17.9 Å². The molecule has 0 unspecified atom stereocenters. The summed E-state index contributed by atoms with van der Waals surface area (Å²) in [5.74, 6) is 0.274. The molecule has 0 saturated heterocycles. The minimum atomic E-state index is -0.543. The Morgan fingerprint density at radius 1 is 1.14 bits per heavy atom. The van der Waals surface area contributed by atoms with Gasteiger partial charge < -0.3 is 9.73 Å². The molecule has 28 heavy (non-hydrogen) atoms. The highest BCUT2D eigenvalue weighted by molar-refractivity contribution is 7.18. The van der Waals surface area contributed by atoms with E-state index in [1.165, 1.54) is 22.2 Å². The summed E-state index contributed by atoms with van der Waals surface area (Å²) < 4.78 is 7.65. The van der Waals surface area contributed by atoms with Gasteiger partial charge in [-0.05, 0) is 37.3 Å². The molecule has 0 aliphatic carbocycles. The van der Waals surface area contributed by atoms with Gasteiger partial charge in [0.2, 0.25) is 5.91 Å². The van der Waals surface area contributed by atoms with Crippen molar-refractivity contribution in [3.8, 4) is 5.69 Å². The van der Waals surface area contributed by atoms with E-state index in [0.717, 1.165) is 9.44 Å². The van der Waals surface area contributed by atoms with E-state index in [9.17, 15) is 14.4 Å². The fraction of sp³-hybridized carbons (Fsp3) is 0.150. The van der Waals surface area contributed by atoms with Crippen molar-refractivity contribution in [3.05, 3.63) is 86.3 Å². The van der Waals surface area contributed by atoms with Gasteiger partial charge in [-0.3, -0.25) is 14.2 Å². The molecule has 4 aromatic rings. The molecule has 0 saturated carbocycles. The lowest BCUT2D eigenvalue weighted by Crippen LogP contribution is -2.41. The molecular weight excluding hydrogens is 378 g/mol. The second-order valence-corrected chi connectivity index (χ2v) is 7.51. The molecule has 3 aromatic heterocycles. The average Bonchev–Trinajstić information content (AvgIpc) is 3.34. The molecule has 8 heteroatoms. The monoisotopic (exact) mass is 395 g/mol. The number of carbonyl (C=O) groups is 1. The van der Waals surface area contributed by atoms with Crippen molar-refractivity contribution in [3.63, 3.8) is 0 Å². The van der Waals surface area contributed by atoms with Gasteiger partial charge in [0.05, 0.1) is 23.9 Å². The van der Waals surface area contributed by atoms with E-state index in [-0.39, 0.29) is 24.6 Å². The summed E-state index contributed by atoms with van der Waals surface area (Å²) in [5, 5.41) is 3.15. The zero-order valence-corrected chi connectivity index (χ0v) is 15.9. The van der Waals surface area contributed by atoms with E-state index < -0.39 is 5.69 Å². The van der Waals surface area contributed by atoms with Crippen LogP contribution in [0.2, 0.25) is 0 Å². The lowest BCUT2D eigenvalue weighted by Gasteiger charge is -2.12. The summed E-state index contributed by atoms with van der Waals surface area (Å²) in [7, 11) is 0. The number of rotatable bonds is 5. The number of fused-ring (bicyclic) bond motifs is 1. The molecule has 1 amide bonds. The number of furan rings is 1. The van der Waals surface area contributed by atoms with Crippen LogP contribution in [0.5, 0.6) is 0 Å². The van der Waals surface area contributed by atoms with Crippen molar-refractivity contribution in [2.75, 3.05) is 0 Å².